The van der Waals surface area contributed by atoms with Gasteiger partial charge in [0.15, 0.2) is 0 Å². The maximum absolute atomic E-state index is 12.9. The van der Waals surface area contributed by atoms with Crippen LogP contribution in [0.2, 0.25) is 0 Å². The van der Waals surface area contributed by atoms with Crippen molar-refractivity contribution in [3.63, 3.8) is 0 Å². The highest BCUT2D eigenvalue weighted by Gasteiger charge is 2.12. The Morgan fingerprint density at radius 1 is 1.05 bits per heavy atom. The highest BCUT2D eigenvalue weighted by molar-refractivity contribution is 7.21. The Kier molecular flexibility index (Phi) is 7.19. The van der Waals surface area contributed by atoms with Crippen LogP contribution in [0.15, 0.2) is 101 Å². The number of benzene rings is 3. The largest absolute Gasteiger partial charge is 0.489 e. The molecule has 1 amide bonds. The van der Waals surface area contributed by atoms with Crippen molar-refractivity contribution in [2.24, 2.45) is 5.10 Å². The first-order chi connectivity index (χ1) is 18.0. The molecule has 0 unspecified atom stereocenters. The quantitative estimate of drug-likeness (QED) is 0.232. The van der Waals surface area contributed by atoms with Crippen LogP contribution in [0.1, 0.15) is 16.7 Å². The molecule has 37 heavy (non-hydrogen) atoms. The minimum absolute atomic E-state index is 0.179. The fraction of sp³-hybridized carbons (Fsp3) is 0.103. The van der Waals surface area contributed by atoms with Gasteiger partial charge in [-0.15, -0.1) is 11.3 Å². The number of thiophene rings is 1. The lowest BCUT2D eigenvalue weighted by Gasteiger charge is -2.07. The summed E-state index contributed by atoms with van der Waals surface area (Å²) < 4.78 is 7.10. The standard InChI is InChI=1S/C29H24N4O3S/c1-20-7-9-22(10-8-20)18-36-24-13-11-21(12-14-24)16-31-32-27(34)17-33-19-30-28-25(29(33)35)15-26(37-28)23-5-3-2-4-6-23/h2-16,19H,17-18H2,1H3,(H,32,34)/b31-16+. The number of amides is 1. The Balaban J connectivity index is 1.16. The molecule has 3 aromatic carbocycles. The number of nitrogens with zero attached hydrogens (tertiary/aromatic N) is 3. The average Bonchev–Trinajstić information content (AvgIpc) is 3.37. The molecular formula is C29H24N4O3S. The van der Waals surface area contributed by atoms with Gasteiger partial charge in [0.25, 0.3) is 11.5 Å². The lowest BCUT2D eigenvalue weighted by atomic mass is 10.2. The second-order valence-electron chi connectivity index (χ2n) is 8.51. The van der Waals surface area contributed by atoms with Crippen molar-refractivity contribution in [3.05, 3.63) is 118 Å². The van der Waals surface area contributed by atoms with Gasteiger partial charge in [-0.25, -0.2) is 10.4 Å². The maximum atomic E-state index is 12.9. The number of hydrazone groups is 1. The zero-order valence-corrected chi connectivity index (χ0v) is 20.9. The third kappa shape index (κ3) is 5.99. The van der Waals surface area contributed by atoms with Gasteiger partial charge in [-0.2, -0.15) is 5.10 Å². The SMILES string of the molecule is Cc1ccc(COc2ccc(/C=N/NC(=O)Cn3cnc4sc(-c5ccccc5)cc4c3=O)cc2)cc1. The summed E-state index contributed by atoms with van der Waals surface area (Å²) in [6, 6.07) is 27.2. The second-order valence-corrected chi connectivity index (χ2v) is 9.54. The lowest BCUT2D eigenvalue weighted by Crippen LogP contribution is -2.29. The number of hydrogen-bond acceptors (Lipinski definition) is 6. The molecule has 1 N–H and O–H groups in total. The van der Waals surface area contributed by atoms with E-state index in [1.54, 1.807) is 0 Å². The van der Waals surface area contributed by atoms with Crippen molar-refractivity contribution in [3.8, 4) is 16.2 Å². The van der Waals surface area contributed by atoms with Gasteiger partial charge in [0.1, 0.15) is 23.7 Å². The van der Waals surface area contributed by atoms with E-state index in [9.17, 15) is 9.59 Å². The Morgan fingerprint density at radius 3 is 2.57 bits per heavy atom. The van der Waals surface area contributed by atoms with E-state index < -0.39 is 5.91 Å². The van der Waals surface area contributed by atoms with Gasteiger partial charge in [0.05, 0.1) is 17.9 Å². The van der Waals surface area contributed by atoms with E-state index in [2.05, 4.69) is 34.6 Å². The number of nitrogens with one attached hydrogen (secondary N) is 1. The van der Waals surface area contributed by atoms with Crippen LogP contribution in [0, 0.1) is 6.92 Å². The number of ether oxygens (including phenoxy) is 1. The molecule has 7 nitrogen and oxygen atoms in total. The number of carbonyl (C=O) groups is 1. The lowest BCUT2D eigenvalue weighted by molar-refractivity contribution is -0.121. The van der Waals surface area contributed by atoms with Crippen LogP contribution in [-0.4, -0.2) is 21.7 Å². The number of aryl methyl sites for hydroxylation is 1. The summed E-state index contributed by atoms with van der Waals surface area (Å²) in [7, 11) is 0. The highest BCUT2D eigenvalue weighted by atomic mass is 32.1. The highest BCUT2D eigenvalue weighted by Crippen LogP contribution is 2.30. The minimum atomic E-state index is -0.420. The molecule has 0 spiro atoms. The summed E-state index contributed by atoms with van der Waals surface area (Å²) >= 11 is 1.45. The molecule has 0 aliphatic rings. The van der Waals surface area contributed by atoms with Crippen LogP contribution >= 0.6 is 11.3 Å². The molecule has 0 atom stereocenters. The number of hydrogen-bond donors (Lipinski definition) is 1. The van der Waals surface area contributed by atoms with Gasteiger partial charge < -0.3 is 4.74 Å². The molecule has 2 heterocycles. The van der Waals surface area contributed by atoms with Crippen molar-refractivity contribution in [2.45, 2.75) is 20.1 Å². The first kappa shape index (κ1) is 24.1. The summed E-state index contributed by atoms with van der Waals surface area (Å²) in [4.78, 5) is 31.2. The van der Waals surface area contributed by atoms with E-state index >= 15 is 0 Å². The Morgan fingerprint density at radius 2 is 1.81 bits per heavy atom. The van der Waals surface area contributed by atoms with Crippen LogP contribution in [0.3, 0.4) is 0 Å². The summed E-state index contributed by atoms with van der Waals surface area (Å²) in [5.74, 6) is 0.323. The topological polar surface area (TPSA) is 85.6 Å². The minimum Gasteiger partial charge on any atom is -0.489 e. The molecular weight excluding hydrogens is 484 g/mol. The van der Waals surface area contributed by atoms with Crippen molar-refractivity contribution < 1.29 is 9.53 Å². The smallest absolute Gasteiger partial charge is 0.262 e. The van der Waals surface area contributed by atoms with Crippen LogP contribution < -0.4 is 15.7 Å². The van der Waals surface area contributed by atoms with Crippen molar-refractivity contribution >= 4 is 33.7 Å². The second kappa shape index (κ2) is 11.0. The molecule has 0 saturated carbocycles. The maximum Gasteiger partial charge on any atom is 0.262 e. The molecule has 0 fully saturated rings. The van der Waals surface area contributed by atoms with E-state index in [4.69, 9.17) is 4.74 Å². The van der Waals surface area contributed by atoms with E-state index in [1.807, 2.05) is 72.8 Å². The fourth-order valence-corrected chi connectivity index (χ4v) is 4.68. The third-order valence-corrected chi connectivity index (χ3v) is 6.79. The van der Waals surface area contributed by atoms with Crippen LogP contribution in [0.5, 0.6) is 5.75 Å². The van der Waals surface area contributed by atoms with Crippen LogP contribution in [0.25, 0.3) is 20.7 Å². The molecule has 184 valence electrons. The summed E-state index contributed by atoms with van der Waals surface area (Å²) in [6.07, 6.45) is 2.94. The number of aromatic nitrogens is 2. The first-order valence-electron chi connectivity index (χ1n) is 11.7. The van der Waals surface area contributed by atoms with E-state index in [-0.39, 0.29) is 12.1 Å². The van der Waals surface area contributed by atoms with E-state index in [0.29, 0.717) is 16.8 Å². The fourth-order valence-electron chi connectivity index (χ4n) is 3.69. The molecule has 5 rings (SSSR count). The molecule has 5 aromatic rings. The van der Waals surface area contributed by atoms with Crippen LogP contribution in [-0.2, 0) is 17.9 Å². The molecule has 0 bridgehead atoms. The van der Waals surface area contributed by atoms with Gasteiger partial charge in [-0.05, 0) is 53.9 Å². The predicted molar refractivity (Wildman–Crippen MR) is 147 cm³/mol. The average molecular weight is 509 g/mol. The van der Waals surface area contributed by atoms with Crippen molar-refractivity contribution in [2.75, 3.05) is 0 Å². The van der Waals surface area contributed by atoms with Gasteiger partial charge in [-0.1, -0.05) is 60.2 Å². The summed E-state index contributed by atoms with van der Waals surface area (Å²) in [5, 5.41) is 4.50. The summed E-state index contributed by atoms with van der Waals surface area (Å²) in [6.45, 7) is 2.36. The molecule has 0 aliphatic heterocycles. The predicted octanol–water partition coefficient (Wildman–Crippen LogP) is 5.16. The van der Waals surface area contributed by atoms with Crippen molar-refractivity contribution in [1.82, 2.24) is 15.0 Å². The zero-order valence-electron chi connectivity index (χ0n) is 20.1. The van der Waals surface area contributed by atoms with Gasteiger partial charge in [0.2, 0.25) is 0 Å². The Bertz CT molecular complexity index is 1610. The Labute approximate surface area is 217 Å². The molecule has 0 radical (unpaired) electrons. The summed E-state index contributed by atoms with van der Waals surface area (Å²) in [5.41, 5.74) is 6.34. The number of fused-ring (bicyclic) bond motifs is 1. The molecule has 8 heteroatoms. The molecule has 2 aromatic heterocycles. The number of carbonyl (C=O) groups excluding carboxylic acids is 1. The normalized spacial score (nSPS) is 11.2. The molecule has 0 saturated heterocycles. The monoisotopic (exact) mass is 508 g/mol. The Hall–Kier alpha value is -4.56. The van der Waals surface area contributed by atoms with Crippen molar-refractivity contribution in [1.29, 1.82) is 0 Å². The third-order valence-electron chi connectivity index (χ3n) is 5.70. The van der Waals surface area contributed by atoms with Gasteiger partial charge >= 0.3 is 0 Å². The number of rotatable bonds is 8. The van der Waals surface area contributed by atoms with Gasteiger partial charge in [-0.3, -0.25) is 14.2 Å². The van der Waals surface area contributed by atoms with E-state index in [0.717, 1.165) is 27.3 Å². The first-order valence-corrected chi connectivity index (χ1v) is 12.5. The molecule has 0 aliphatic carbocycles. The van der Waals surface area contributed by atoms with Gasteiger partial charge in [0, 0.05) is 4.88 Å². The van der Waals surface area contributed by atoms with Crippen LogP contribution in [0.4, 0.5) is 0 Å². The zero-order chi connectivity index (χ0) is 25.6. The van der Waals surface area contributed by atoms with E-state index in [1.165, 1.54) is 34.0 Å².